The average Bonchev–Trinajstić information content (AvgIpc) is 2.84. The van der Waals surface area contributed by atoms with Crippen molar-refractivity contribution < 1.29 is 9.13 Å². The Bertz CT molecular complexity index is 430. The average molecular weight is 267 g/mol. The highest BCUT2D eigenvalue weighted by molar-refractivity contribution is 7.80. The minimum atomic E-state index is -0.299. The van der Waals surface area contributed by atoms with Gasteiger partial charge >= 0.3 is 0 Å². The molecular weight excluding hydrogens is 249 g/mol. The zero-order valence-electron chi connectivity index (χ0n) is 10.3. The molecule has 98 valence electrons. The highest BCUT2D eigenvalue weighted by atomic mass is 32.1. The second-order valence-electron chi connectivity index (χ2n) is 4.84. The van der Waals surface area contributed by atoms with Crippen molar-refractivity contribution in [2.24, 2.45) is 11.7 Å². The summed E-state index contributed by atoms with van der Waals surface area (Å²) in [7, 11) is 0. The van der Waals surface area contributed by atoms with Crippen LogP contribution in [0.1, 0.15) is 36.8 Å². The van der Waals surface area contributed by atoms with E-state index in [1.54, 1.807) is 12.1 Å². The fourth-order valence-corrected chi connectivity index (χ4v) is 2.46. The van der Waals surface area contributed by atoms with Gasteiger partial charge in [0.25, 0.3) is 0 Å². The second-order valence-corrected chi connectivity index (χ2v) is 5.28. The first kappa shape index (κ1) is 13.4. The summed E-state index contributed by atoms with van der Waals surface area (Å²) in [5.41, 5.74) is 6.57. The minimum Gasteiger partial charge on any atom is -0.389 e. The molecule has 0 radical (unpaired) electrons. The predicted octanol–water partition coefficient (Wildman–Crippen LogP) is 3.17. The molecule has 1 aliphatic rings. The smallest absolute Gasteiger partial charge is 0.129 e. The Balaban J connectivity index is 1.87. The normalized spacial score (nSPS) is 16.1. The molecule has 0 heterocycles. The molecule has 2 nitrogen and oxygen atoms in total. The van der Waals surface area contributed by atoms with Gasteiger partial charge in [0.15, 0.2) is 0 Å². The second kappa shape index (κ2) is 6.25. The van der Waals surface area contributed by atoms with Crippen LogP contribution in [0.15, 0.2) is 18.2 Å². The van der Waals surface area contributed by atoms with Gasteiger partial charge in [-0.05, 0) is 24.8 Å². The molecule has 0 saturated heterocycles. The molecule has 1 aromatic carbocycles. The molecule has 18 heavy (non-hydrogen) atoms. The highest BCUT2D eigenvalue weighted by Crippen LogP contribution is 2.25. The maximum Gasteiger partial charge on any atom is 0.129 e. The lowest BCUT2D eigenvalue weighted by molar-refractivity contribution is 0.0870. The molecule has 1 saturated carbocycles. The quantitative estimate of drug-likeness (QED) is 0.832. The third-order valence-electron chi connectivity index (χ3n) is 3.42. The van der Waals surface area contributed by atoms with E-state index in [1.165, 1.54) is 31.7 Å². The van der Waals surface area contributed by atoms with E-state index in [2.05, 4.69) is 0 Å². The van der Waals surface area contributed by atoms with E-state index < -0.39 is 0 Å². The van der Waals surface area contributed by atoms with Crippen LogP contribution in [0, 0.1) is 11.7 Å². The van der Waals surface area contributed by atoms with E-state index >= 15 is 0 Å². The topological polar surface area (TPSA) is 35.2 Å². The summed E-state index contributed by atoms with van der Waals surface area (Å²) in [6, 6.07) is 4.80. The predicted molar refractivity (Wildman–Crippen MR) is 73.9 cm³/mol. The van der Waals surface area contributed by atoms with E-state index in [4.69, 9.17) is 22.7 Å². The molecule has 1 aliphatic carbocycles. The zero-order valence-corrected chi connectivity index (χ0v) is 11.1. The van der Waals surface area contributed by atoms with Crippen LogP contribution in [0.25, 0.3) is 0 Å². The van der Waals surface area contributed by atoms with Gasteiger partial charge in [-0.3, -0.25) is 0 Å². The van der Waals surface area contributed by atoms with Gasteiger partial charge in [0.2, 0.25) is 0 Å². The lowest BCUT2D eigenvalue weighted by Gasteiger charge is -2.10. The summed E-state index contributed by atoms with van der Waals surface area (Å²) in [6.45, 7) is 1.05. The summed E-state index contributed by atoms with van der Waals surface area (Å²) < 4.78 is 19.3. The number of hydrogen-bond donors (Lipinski definition) is 1. The summed E-state index contributed by atoms with van der Waals surface area (Å²) in [5, 5.41) is 0. The Morgan fingerprint density at radius 3 is 2.72 bits per heavy atom. The molecule has 0 aromatic heterocycles. The Labute approximate surface area is 112 Å². The van der Waals surface area contributed by atoms with E-state index in [9.17, 15) is 4.39 Å². The van der Waals surface area contributed by atoms with Crippen LogP contribution in [0.3, 0.4) is 0 Å². The molecular formula is C14H18FNOS. The SMILES string of the molecule is NC(=S)c1ccc(COCC2CCCC2)c(F)c1. The number of nitrogens with two attached hydrogens (primary N) is 1. The molecule has 0 unspecified atom stereocenters. The molecule has 4 heteroatoms. The van der Waals surface area contributed by atoms with E-state index in [0.717, 1.165) is 6.61 Å². The van der Waals surface area contributed by atoms with Crippen LogP contribution < -0.4 is 5.73 Å². The van der Waals surface area contributed by atoms with Crippen molar-refractivity contribution >= 4 is 17.2 Å². The molecule has 2 rings (SSSR count). The van der Waals surface area contributed by atoms with Crippen molar-refractivity contribution in [3.05, 3.63) is 35.1 Å². The van der Waals surface area contributed by atoms with Crippen LogP contribution in [-0.4, -0.2) is 11.6 Å². The molecule has 0 aliphatic heterocycles. The van der Waals surface area contributed by atoms with Crippen molar-refractivity contribution in [2.45, 2.75) is 32.3 Å². The lowest BCUT2D eigenvalue weighted by Crippen LogP contribution is -2.11. The molecule has 0 amide bonds. The fraction of sp³-hybridized carbons (Fsp3) is 0.500. The Morgan fingerprint density at radius 1 is 1.39 bits per heavy atom. The third-order valence-corrected chi connectivity index (χ3v) is 3.66. The number of benzene rings is 1. The summed E-state index contributed by atoms with van der Waals surface area (Å²) in [4.78, 5) is 0.215. The maximum atomic E-state index is 13.7. The van der Waals surface area contributed by atoms with Crippen LogP contribution in [0.4, 0.5) is 4.39 Å². The zero-order chi connectivity index (χ0) is 13.0. The molecule has 1 fully saturated rings. The maximum absolute atomic E-state index is 13.7. The van der Waals surface area contributed by atoms with Crippen LogP contribution in [0.2, 0.25) is 0 Å². The molecule has 0 spiro atoms. The molecule has 1 aromatic rings. The van der Waals surface area contributed by atoms with Crippen molar-refractivity contribution in [3.63, 3.8) is 0 Å². The van der Waals surface area contributed by atoms with E-state index in [1.807, 2.05) is 0 Å². The number of rotatable bonds is 5. The summed E-state index contributed by atoms with van der Waals surface area (Å²) >= 11 is 4.80. The largest absolute Gasteiger partial charge is 0.389 e. The monoisotopic (exact) mass is 267 g/mol. The molecule has 0 bridgehead atoms. The van der Waals surface area contributed by atoms with Gasteiger partial charge in [-0.1, -0.05) is 37.2 Å². The Hall–Kier alpha value is -1.00. The number of thiocarbonyl (C=S) groups is 1. The lowest BCUT2D eigenvalue weighted by atomic mass is 10.1. The molecule has 0 atom stereocenters. The first-order chi connectivity index (χ1) is 8.66. The first-order valence-electron chi connectivity index (χ1n) is 6.33. The van der Waals surface area contributed by atoms with Crippen LogP contribution in [0.5, 0.6) is 0 Å². The van der Waals surface area contributed by atoms with Crippen LogP contribution in [-0.2, 0) is 11.3 Å². The summed E-state index contributed by atoms with van der Waals surface area (Å²) in [6.07, 6.45) is 5.07. The standard InChI is InChI=1S/C14H18FNOS/c15-13-7-11(14(16)18)5-6-12(13)9-17-8-10-3-1-2-4-10/h5-7,10H,1-4,8-9H2,(H2,16,18). The molecule has 2 N–H and O–H groups in total. The minimum absolute atomic E-state index is 0.215. The van der Waals surface area contributed by atoms with Gasteiger partial charge in [-0.25, -0.2) is 4.39 Å². The van der Waals surface area contributed by atoms with Gasteiger partial charge in [0.05, 0.1) is 6.61 Å². The number of hydrogen-bond acceptors (Lipinski definition) is 2. The van der Waals surface area contributed by atoms with Crippen LogP contribution >= 0.6 is 12.2 Å². The van der Waals surface area contributed by atoms with Gasteiger partial charge in [-0.15, -0.1) is 0 Å². The third kappa shape index (κ3) is 3.50. The van der Waals surface area contributed by atoms with Gasteiger partial charge in [-0.2, -0.15) is 0 Å². The Morgan fingerprint density at radius 2 is 2.11 bits per heavy atom. The van der Waals surface area contributed by atoms with E-state index in [0.29, 0.717) is 23.7 Å². The fourth-order valence-electron chi connectivity index (χ4n) is 2.33. The van der Waals surface area contributed by atoms with Gasteiger partial charge in [0, 0.05) is 17.7 Å². The van der Waals surface area contributed by atoms with Crippen molar-refractivity contribution in [1.82, 2.24) is 0 Å². The van der Waals surface area contributed by atoms with Crippen molar-refractivity contribution in [1.29, 1.82) is 0 Å². The van der Waals surface area contributed by atoms with E-state index in [-0.39, 0.29) is 10.8 Å². The number of ether oxygens (including phenoxy) is 1. The van der Waals surface area contributed by atoms with Crippen molar-refractivity contribution in [3.8, 4) is 0 Å². The summed E-state index contributed by atoms with van der Waals surface area (Å²) in [5.74, 6) is 0.357. The van der Waals surface area contributed by atoms with Gasteiger partial charge < -0.3 is 10.5 Å². The highest BCUT2D eigenvalue weighted by Gasteiger charge is 2.15. The van der Waals surface area contributed by atoms with Crippen molar-refractivity contribution in [2.75, 3.05) is 6.61 Å². The first-order valence-corrected chi connectivity index (χ1v) is 6.73. The Kier molecular flexibility index (Phi) is 4.66. The van der Waals surface area contributed by atoms with Gasteiger partial charge in [0.1, 0.15) is 10.8 Å². The number of halogens is 1.